The van der Waals surface area contributed by atoms with Crippen molar-refractivity contribution in [1.82, 2.24) is 0 Å². The minimum Gasteiger partial charge on any atom is -0.368 e. The first-order chi connectivity index (χ1) is 13.8. The van der Waals surface area contributed by atoms with E-state index in [0.717, 1.165) is 11.1 Å². The first-order valence-electron chi connectivity index (χ1n) is 9.54. The Balaban J connectivity index is 1.51. The molecular weight excluding hydrogens is 360 g/mol. The lowest BCUT2D eigenvalue weighted by Gasteiger charge is -2.47. The van der Waals surface area contributed by atoms with E-state index in [1.54, 1.807) is 7.11 Å². The normalized spacial score (nSPS) is 30.0. The molecule has 0 unspecified atom stereocenters. The van der Waals surface area contributed by atoms with E-state index in [9.17, 15) is 0 Å². The number of hydrogen-bond donors (Lipinski definition) is 0. The molecule has 0 saturated carbocycles. The molecule has 6 heteroatoms. The zero-order valence-electron chi connectivity index (χ0n) is 15.9. The van der Waals surface area contributed by atoms with Crippen molar-refractivity contribution in [3.8, 4) is 0 Å². The Morgan fingerprint density at radius 1 is 0.857 bits per heavy atom. The molecular formula is C22H26O6. The SMILES string of the molecule is CO[C@H]1O[C@@H]2COCO[C@H]2[C@H](OCc2ccccc2)[C@H]1OCc1ccccc1. The van der Waals surface area contributed by atoms with E-state index in [2.05, 4.69) is 0 Å². The average molecular weight is 386 g/mol. The van der Waals surface area contributed by atoms with E-state index in [4.69, 9.17) is 28.4 Å². The average Bonchev–Trinajstić information content (AvgIpc) is 2.77. The summed E-state index contributed by atoms with van der Waals surface area (Å²) in [6, 6.07) is 20.1. The summed E-state index contributed by atoms with van der Waals surface area (Å²) in [6.07, 6.45) is -1.85. The molecule has 0 aliphatic carbocycles. The minimum atomic E-state index is -0.559. The van der Waals surface area contributed by atoms with Gasteiger partial charge in [-0.1, -0.05) is 60.7 Å². The van der Waals surface area contributed by atoms with Crippen molar-refractivity contribution >= 4 is 0 Å². The van der Waals surface area contributed by atoms with E-state index in [1.807, 2.05) is 60.7 Å². The predicted molar refractivity (Wildman–Crippen MR) is 101 cm³/mol. The summed E-state index contributed by atoms with van der Waals surface area (Å²) >= 11 is 0. The molecule has 0 spiro atoms. The molecule has 5 atom stereocenters. The van der Waals surface area contributed by atoms with Gasteiger partial charge in [-0.05, 0) is 11.1 Å². The molecule has 0 radical (unpaired) electrons. The van der Waals surface area contributed by atoms with Crippen LogP contribution in [0.3, 0.4) is 0 Å². The third-order valence-electron chi connectivity index (χ3n) is 5.02. The molecule has 0 N–H and O–H groups in total. The molecule has 28 heavy (non-hydrogen) atoms. The van der Waals surface area contributed by atoms with Gasteiger partial charge in [0.1, 0.15) is 31.2 Å². The van der Waals surface area contributed by atoms with Gasteiger partial charge in [0.05, 0.1) is 19.8 Å². The van der Waals surface area contributed by atoms with E-state index < -0.39 is 12.4 Å². The highest BCUT2D eigenvalue weighted by Crippen LogP contribution is 2.31. The van der Waals surface area contributed by atoms with Crippen LogP contribution in [-0.4, -0.2) is 51.2 Å². The van der Waals surface area contributed by atoms with Crippen LogP contribution in [0, 0.1) is 0 Å². The number of methoxy groups -OCH3 is 1. The van der Waals surface area contributed by atoms with Crippen LogP contribution in [0.1, 0.15) is 11.1 Å². The molecule has 2 saturated heterocycles. The van der Waals surface area contributed by atoms with E-state index in [0.29, 0.717) is 19.8 Å². The Labute approximate surface area is 165 Å². The zero-order chi connectivity index (χ0) is 19.2. The third kappa shape index (κ3) is 4.60. The van der Waals surface area contributed by atoms with Gasteiger partial charge in [0, 0.05) is 7.11 Å². The molecule has 2 heterocycles. The fraction of sp³-hybridized carbons (Fsp3) is 0.455. The van der Waals surface area contributed by atoms with Crippen LogP contribution in [0.25, 0.3) is 0 Å². The van der Waals surface area contributed by atoms with Gasteiger partial charge >= 0.3 is 0 Å². The molecule has 4 rings (SSSR count). The van der Waals surface area contributed by atoms with Crippen LogP contribution in [0.4, 0.5) is 0 Å². The Kier molecular flexibility index (Phi) is 6.69. The van der Waals surface area contributed by atoms with Gasteiger partial charge in [-0.15, -0.1) is 0 Å². The summed E-state index contributed by atoms with van der Waals surface area (Å²) in [5.74, 6) is 0. The summed E-state index contributed by atoms with van der Waals surface area (Å²) in [5.41, 5.74) is 2.17. The van der Waals surface area contributed by atoms with Crippen molar-refractivity contribution in [2.75, 3.05) is 20.5 Å². The predicted octanol–water partition coefficient (Wildman–Crippen LogP) is 2.90. The van der Waals surface area contributed by atoms with E-state index in [1.165, 1.54) is 0 Å². The van der Waals surface area contributed by atoms with Crippen molar-refractivity contribution in [2.45, 2.75) is 43.9 Å². The van der Waals surface area contributed by atoms with Crippen molar-refractivity contribution in [3.05, 3.63) is 71.8 Å². The summed E-state index contributed by atoms with van der Waals surface area (Å²) in [7, 11) is 1.61. The van der Waals surface area contributed by atoms with Crippen molar-refractivity contribution in [3.63, 3.8) is 0 Å². The smallest absolute Gasteiger partial charge is 0.186 e. The second-order valence-electron chi connectivity index (χ2n) is 6.92. The molecule has 0 amide bonds. The van der Waals surface area contributed by atoms with Crippen LogP contribution in [0.2, 0.25) is 0 Å². The monoisotopic (exact) mass is 386 g/mol. The van der Waals surface area contributed by atoms with Gasteiger partial charge < -0.3 is 28.4 Å². The quantitative estimate of drug-likeness (QED) is 0.729. The number of rotatable bonds is 7. The number of benzene rings is 2. The molecule has 2 aromatic carbocycles. The van der Waals surface area contributed by atoms with Crippen LogP contribution in [-0.2, 0) is 41.6 Å². The highest BCUT2D eigenvalue weighted by molar-refractivity contribution is 5.14. The van der Waals surface area contributed by atoms with Gasteiger partial charge in [-0.25, -0.2) is 0 Å². The van der Waals surface area contributed by atoms with Crippen LogP contribution in [0.5, 0.6) is 0 Å². The highest BCUT2D eigenvalue weighted by Gasteiger charge is 2.49. The summed E-state index contributed by atoms with van der Waals surface area (Å²) in [5, 5.41) is 0. The van der Waals surface area contributed by atoms with Gasteiger partial charge in [0.2, 0.25) is 0 Å². The number of fused-ring (bicyclic) bond motifs is 1. The van der Waals surface area contributed by atoms with Gasteiger partial charge in [0.25, 0.3) is 0 Å². The lowest BCUT2D eigenvalue weighted by atomic mass is 9.97. The van der Waals surface area contributed by atoms with Crippen molar-refractivity contribution < 1.29 is 28.4 Å². The first-order valence-corrected chi connectivity index (χ1v) is 9.54. The Bertz CT molecular complexity index is 709. The van der Waals surface area contributed by atoms with E-state index >= 15 is 0 Å². The second-order valence-corrected chi connectivity index (χ2v) is 6.92. The highest BCUT2D eigenvalue weighted by atomic mass is 16.8. The third-order valence-corrected chi connectivity index (χ3v) is 5.02. The molecule has 2 aliphatic rings. The molecule has 150 valence electrons. The van der Waals surface area contributed by atoms with Crippen LogP contribution >= 0.6 is 0 Å². The maximum atomic E-state index is 6.31. The van der Waals surface area contributed by atoms with Crippen LogP contribution < -0.4 is 0 Å². The summed E-state index contributed by atoms with van der Waals surface area (Å²) in [4.78, 5) is 0. The van der Waals surface area contributed by atoms with Gasteiger partial charge in [0.15, 0.2) is 6.29 Å². The fourth-order valence-electron chi connectivity index (χ4n) is 3.59. The lowest BCUT2D eigenvalue weighted by molar-refractivity contribution is -0.348. The molecule has 6 nitrogen and oxygen atoms in total. The van der Waals surface area contributed by atoms with Gasteiger partial charge in [-0.3, -0.25) is 0 Å². The zero-order valence-corrected chi connectivity index (χ0v) is 15.9. The fourth-order valence-corrected chi connectivity index (χ4v) is 3.59. The second kappa shape index (κ2) is 9.60. The lowest BCUT2D eigenvalue weighted by Crippen LogP contribution is -2.63. The van der Waals surface area contributed by atoms with Crippen LogP contribution in [0.15, 0.2) is 60.7 Å². The Morgan fingerprint density at radius 3 is 2.07 bits per heavy atom. The Morgan fingerprint density at radius 2 is 1.46 bits per heavy atom. The molecule has 0 aromatic heterocycles. The van der Waals surface area contributed by atoms with E-state index in [-0.39, 0.29) is 25.1 Å². The maximum absolute atomic E-state index is 6.31. The topological polar surface area (TPSA) is 55.4 Å². The number of ether oxygens (including phenoxy) is 6. The largest absolute Gasteiger partial charge is 0.368 e. The maximum Gasteiger partial charge on any atom is 0.186 e. The summed E-state index contributed by atoms with van der Waals surface area (Å²) in [6.45, 7) is 1.56. The minimum absolute atomic E-state index is 0.221. The molecule has 2 aromatic rings. The van der Waals surface area contributed by atoms with Crippen molar-refractivity contribution in [1.29, 1.82) is 0 Å². The van der Waals surface area contributed by atoms with Crippen molar-refractivity contribution in [2.24, 2.45) is 0 Å². The Hall–Kier alpha value is -1.80. The molecule has 2 fully saturated rings. The summed E-state index contributed by atoms with van der Waals surface area (Å²) < 4.78 is 35.4. The number of hydrogen-bond acceptors (Lipinski definition) is 6. The molecule has 2 aliphatic heterocycles. The van der Waals surface area contributed by atoms with Gasteiger partial charge in [-0.2, -0.15) is 0 Å². The standard InChI is InChI=1S/C22H26O6/c1-23-22-21(26-13-17-10-6-3-7-11-17)20(19-18(28-22)14-24-15-27-19)25-12-16-8-4-2-5-9-16/h2-11,18-22H,12-15H2,1H3/t18-,19-,20+,21-,22+/m1/s1. The molecule has 0 bridgehead atoms. The first kappa shape index (κ1) is 19.5.